The van der Waals surface area contributed by atoms with Crippen LogP contribution in [0, 0.1) is 28.1 Å². The van der Waals surface area contributed by atoms with Crippen LogP contribution in [-0.2, 0) is 6.18 Å². The van der Waals surface area contributed by atoms with Gasteiger partial charge < -0.3 is 5.32 Å². The van der Waals surface area contributed by atoms with Crippen LogP contribution < -0.4 is 5.32 Å². The SMILES string of the molecule is CC(C)(C#N)CCNc1ccc(C(F)(F)F)cc1C#N. The van der Waals surface area contributed by atoms with Gasteiger partial charge in [0.25, 0.3) is 0 Å². The van der Waals surface area contributed by atoms with Crippen molar-refractivity contribution in [3.05, 3.63) is 29.3 Å². The minimum Gasteiger partial charge on any atom is -0.384 e. The molecule has 0 aliphatic rings. The van der Waals surface area contributed by atoms with Gasteiger partial charge in [0, 0.05) is 6.54 Å². The van der Waals surface area contributed by atoms with Gasteiger partial charge in [0.2, 0.25) is 0 Å². The molecule has 0 radical (unpaired) electrons. The first-order valence-corrected chi connectivity index (χ1v) is 5.96. The number of alkyl halides is 3. The highest BCUT2D eigenvalue weighted by Crippen LogP contribution is 2.31. The summed E-state index contributed by atoms with van der Waals surface area (Å²) >= 11 is 0. The molecule has 0 fully saturated rings. The van der Waals surface area contributed by atoms with Gasteiger partial charge in [-0.05, 0) is 38.5 Å². The minimum atomic E-state index is -4.47. The van der Waals surface area contributed by atoms with E-state index in [0.29, 0.717) is 18.7 Å². The van der Waals surface area contributed by atoms with Crippen molar-refractivity contribution in [2.24, 2.45) is 5.41 Å². The molecule has 106 valence electrons. The molecule has 0 unspecified atom stereocenters. The van der Waals surface area contributed by atoms with Crippen LogP contribution in [0.4, 0.5) is 18.9 Å². The van der Waals surface area contributed by atoms with Crippen LogP contribution in [0.3, 0.4) is 0 Å². The standard InChI is InChI=1S/C14H14F3N3/c1-13(2,9-19)5-6-20-12-4-3-11(14(15,16)17)7-10(12)8-18/h3-4,7,20H,5-6H2,1-2H3. The van der Waals surface area contributed by atoms with Crippen molar-refractivity contribution in [3.8, 4) is 12.1 Å². The van der Waals surface area contributed by atoms with E-state index in [1.807, 2.05) is 0 Å². The molecule has 3 nitrogen and oxygen atoms in total. The Morgan fingerprint density at radius 1 is 1.20 bits per heavy atom. The van der Waals surface area contributed by atoms with Gasteiger partial charge in [-0.1, -0.05) is 0 Å². The van der Waals surface area contributed by atoms with Crippen molar-refractivity contribution in [3.63, 3.8) is 0 Å². The molecule has 0 atom stereocenters. The molecule has 0 spiro atoms. The van der Waals surface area contributed by atoms with E-state index in [0.717, 1.165) is 12.1 Å². The molecular formula is C14H14F3N3. The van der Waals surface area contributed by atoms with E-state index in [4.69, 9.17) is 10.5 Å². The number of benzene rings is 1. The first-order valence-electron chi connectivity index (χ1n) is 5.96. The molecule has 0 aliphatic carbocycles. The first-order chi connectivity index (χ1) is 9.19. The van der Waals surface area contributed by atoms with Crippen molar-refractivity contribution in [1.29, 1.82) is 10.5 Å². The first kappa shape index (κ1) is 15.8. The summed E-state index contributed by atoms with van der Waals surface area (Å²) in [7, 11) is 0. The third kappa shape index (κ3) is 4.17. The van der Waals surface area contributed by atoms with E-state index in [2.05, 4.69) is 11.4 Å². The van der Waals surface area contributed by atoms with Crippen LogP contribution in [-0.4, -0.2) is 6.54 Å². The van der Waals surface area contributed by atoms with Gasteiger partial charge in [0.05, 0.1) is 28.3 Å². The van der Waals surface area contributed by atoms with Crippen LogP contribution in [0.25, 0.3) is 0 Å². The summed E-state index contributed by atoms with van der Waals surface area (Å²) in [5.41, 5.74) is -1.09. The molecule has 6 heteroatoms. The van der Waals surface area contributed by atoms with Gasteiger partial charge in [0.1, 0.15) is 6.07 Å². The largest absolute Gasteiger partial charge is 0.416 e. The number of nitrogens with one attached hydrogen (secondary N) is 1. The van der Waals surface area contributed by atoms with Crippen LogP contribution in [0.5, 0.6) is 0 Å². The second-order valence-electron chi connectivity index (χ2n) is 5.04. The number of halogens is 3. The second-order valence-corrected chi connectivity index (χ2v) is 5.04. The average molecular weight is 281 g/mol. The summed E-state index contributed by atoms with van der Waals surface area (Å²) < 4.78 is 37.6. The van der Waals surface area contributed by atoms with Crippen LogP contribution in [0.15, 0.2) is 18.2 Å². The molecule has 0 heterocycles. The van der Waals surface area contributed by atoms with Crippen molar-refractivity contribution < 1.29 is 13.2 Å². The van der Waals surface area contributed by atoms with Gasteiger partial charge in [0.15, 0.2) is 0 Å². The van der Waals surface area contributed by atoms with Gasteiger partial charge in [-0.25, -0.2) is 0 Å². The number of anilines is 1. The zero-order valence-corrected chi connectivity index (χ0v) is 11.2. The van der Waals surface area contributed by atoms with Crippen LogP contribution in [0.1, 0.15) is 31.4 Å². The molecule has 1 N–H and O–H groups in total. The predicted octanol–water partition coefficient (Wildman–Crippen LogP) is 3.93. The third-order valence-electron chi connectivity index (χ3n) is 2.84. The lowest BCUT2D eigenvalue weighted by molar-refractivity contribution is -0.137. The monoisotopic (exact) mass is 281 g/mol. The summed E-state index contributed by atoms with van der Waals surface area (Å²) in [5, 5.41) is 20.7. The van der Waals surface area contributed by atoms with Gasteiger partial charge in [-0.3, -0.25) is 0 Å². The van der Waals surface area contributed by atoms with Gasteiger partial charge in [-0.2, -0.15) is 23.7 Å². The predicted molar refractivity (Wildman–Crippen MR) is 68.7 cm³/mol. The Morgan fingerprint density at radius 3 is 2.35 bits per heavy atom. The van der Waals surface area contributed by atoms with Crippen molar-refractivity contribution >= 4 is 5.69 Å². The van der Waals surface area contributed by atoms with E-state index >= 15 is 0 Å². The second kappa shape index (κ2) is 5.83. The summed E-state index contributed by atoms with van der Waals surface area (Å²) in [6.07, 6.45) is -3.94. The van der Waals surface area contributed by atoms with Crippen LogP contribution in [0.2, 0.25) is 0 Å². The maximum Gasteiger partial charge on any atom is 0.416 e. The Hall–Kier alpha value is -2.21. The molecule has 1 aromatic carbocycles. The Labute approximate surface area is 115 Å². The lowest BCUT2D eigenvalue weighted by Crippen LogP contribution is -2.15. The lowest BCUT2D eigenvalue weighted by Gasteiger charge is -2.16. The number of rotatable bonds is 4. The minimum absolute atomic E-state index is 0.0606. The highest BCUT2D eigenvalue weighted by atomic mass is 19.4. The molecule has 0 bridgehead atoms. The Balaban J connectivity index is 2.83. The van der Waals surface area contributed by atoms with E-state index in [1.54, 1.807) is 19.9 Å². The molecule has 1 rings (SSSR count). The molecule has 20 heavy (non-hydrogen) atoms. The molecule has 0 saturated heterocycles. The Kier molecular flexibility index (Phi) is 4.62. The highest BCUT2D eigenvalue weighted by Gasteiger charge is 2.31. The smallest absolute Gasteiger partial charge is 0.384 e. The zero-order chi connectivity index (χ0) is 15.4. The summed E-state index contributed by atoms with van der Waals surface area (Å²) in [6.45, 7) is 3.94. The van der Waals surface area contributed by atoms with Crippen molar-refractivity contribution in [1.82, 2.24) is 0 Å². The molecular weight excluding hydrogens is 267 g/mol. The third-order valence-corrected chi connectivity index (χ3v) is 2.84. The lowest BCUT2D eigenvalue weighted by atomic mass is 9.91. The topological polar surface area (TPSA) is 59.6 Å². The Morgan fingerprint density at radius 2 is 1.85 bits per heavy atom. The van der Waals surface area contributed by atoms with E-state index in [1.165, 1.54) is 6.07 Å². The van der Waals surface area contributed by atoms with Gasteiger partial charge >= 0.3 is 6.18 Å². The molecule has 0 saturated carbocycles. The summed E-state index contributed by atoms with van der Waals surface area (Å²) in [5.74, 6) is 0. The quantitative estimate of drug-likeness (QED) is 0.909. The average Bonchev–Trinajstić information content (AvgIpc) is 2.37. The Bertz CT molecular complexity index is 562. The van der Waals surface area contributed by atoms with Crippen molar-refractivity contribution in [2.75, 3.05) is 11.9 Å². The molecule has 1 aromatic rings. The highest BCUT2D eigenvalue weighted by molar-refractivity contribution is 5.59. The fourth-order valence-corrected chi connectivity index (χ4v) is 1.53. The van der Waals surface area contributed by atoms with Crippen LogP contribution >= 0.6 is 0 Å². The number of nitriles is 2. The number of nitrogens with zero attached hydrogens (tertiary/aromatic N) is 2. The number of hydrogen-bond donors (Lipinski definition) is 1. The molecule has 0 aromatic heterocycles. The number of hydrogen-bond acceptors (Lipinski definition) is 3. The van der Waals surface area contributed by atoms with Gasteiger partial charge in [-0.15, -0.1) is 0 Å². The van der Waals surface area contributed by atoms with Crippen molar-refractivity contribution in [2.45, 2.75) is 26.4 Å². The fourth-order valence-electron chi connectivity index (χ4n) is 1.53. The normalized spacial score (nSPS) is 11.6. The van der Waals surface area contributed by atoms with E-state index < -0.39 is 17.2 Å². The maximum absolute atomic E-state index is 12.5. The van der Waals surface area contributed by atoms with E-state index in [9.17, 15) is 13.2 Å². The summed E-state index contributed by atoms with van der Waals surface area (Å²) in [6, 6.07) is 6.86. The summed E-state index contributed by atoms with van der Waals surface area (Å²) in [4.78, 5) is 0. The molecule has 0 aliphatic heterocycles. The van der Waals surface area contributed by atoms with E-state index in [-0.39, 0.29) is 5.56 Å². The zero-order valence-electron chi connectivity index (χ0n) is 11.2. The fraction of sp³-hybridized carbons (Fsp3) is 0.429. The molecule has 0 amide bonds. The maximum atomic E-state index is 12.5.